The highest BCUT2D eigenvalue weighted by atomic mass is 16.5. The van der Waals surface area contributed by atoms with E-state index < -0.39 is 5.91 Å². The number of primary amides is 1. The van der Waals surface area contributed by atoms with Crippen molar-refractivity contribution in [2.75, 3.05) is 6.61 Å². The first kappa shape index (κ1) is 8.27. The van der Waals surface area contributed by atoms with Gasteiger partial charge in [-0.3, -0.25) is 4.79 Å². The minimum Gasteiger partial charge on any atom is -0.371 e. The van der Waals surface area contributed by atoms with Gasteiger partial charge >= 0.3 is 0 Å². The van der Waals surface area contributed by atoms with Gasteiger partial charge in [-0.15, -0.1) is 0 Å². The fourth-order valence-electron chi connectivity index (χ4n) is 1.19. The van der Waals surface area contributed by atoms with Crippen molar-refractivity contribution in [1.29, 1.82) is 0 Å². The van der Waals surface area contributed by atoms with Crippen LogP contribution in [-0.2, 0) is 9.53 Å². The Balaban J connectivity index is 2.52. The van der Waals surface area contributed by atoms with E-state index in [0.717, 1.165) is 19.4 Å². The van der Waals surface area contributed by atoms with Crippen LogP contribution in [0.5, 0.6) is 0 Å². The lowest BCUT2D eigenvalue weighted by molar-refractivity contribution is -0.113. The molecule has 1 rings (SSSR count). The van der Waals surface area contributed by atoms with E-state index in [0.29, 0.717) is 0 Å². The molecule has 0 bridgehead atoms. The van der Waals surface area contributed by atoms with Crippen LogP contribution in [-0.4, -0.2) is 18.1 Å². The van der Waals surface area contributed by atoms with Crippen LogP contribution in [0.15, 0.2) is 12.2 Å². The van der Waals surface area contributed by atoms with Gasteiger partial charge in [-0.1, -0.05) is 0 Å². The molecular formula is C8H13NO2. The Labute approximate surface area is 66.2 Å². The van der Waals surface area contributed by atoms with E-state index in [-0.39, 0.29) is 5.60 Å². The Morgan fingerprint density at radius 3 is 2.91 bits per heavy atom. The smallest absolute Gasteiger partial charge is 0.241 e. The van der Waals surface area contributed by atoms with Crippen LogP contribution in [0.4, 0.5) is 0 Å². The SMILES string of the molecule is CC1(C=CC(N)=O)CCCO1. The molecule has 3 heteroatoms. The number of rotatable bonds is 2. The first-order chi connectivity index (χ1) is 5.12. The van der Waals surface area contributed by atoms with Crippen molar-refractivity contribution < 1.29 is 9.53 Å². The topological polar surface area (TPSA) is 52.3 Å². The average molecular weight is 155 g/mol. The summed E-state index contributed by atoms with van der Waals surface area (Å²) in [5.41, 5.74) is 4.69. The van der Waals surface area contributed by atoms with Gasteiger partial charge in [-0.05, 0) is 25.8 Å². The minimum absolute atomic E-state index is 0.255. The molecular weight excluding hydrogens is 142 g/mol. The zero-order valence-corrected chi connectivity index (χ0v) is 6.67. The molecule has 1 saturated heterocycles. The lowest BCUT2D eigenvalue weighted by Gasteiger charge is -2.17. The number of amides is 1. The molecule has 0 aromatic rings. The lowest BCUT2D eigenvalue weighted by atomic mass is 10.0. The van der Waals surface area contributed by atoms with Crippen LogP contribution < -0.4 is 5.73 Å². The van der Waals surface area contributed by atoms with Crippen LogP contribution in [0.1, 0.15) is 19.8 Å². The van der Waals surface area contributed by atoms with Crippen molar-refractivity contribution >= 4 is 5.91 Å². The third kappa shape index (κ3) is 2.35. The summed E-state index contributed by atoms with van der Waals surface area (Å²) in [5, 5.41) is 0. The first-order valence-electron chi connectivity index (χ1n) is 3.75. The number of hydrogen-bond acceptors (Lipinski definition) is 2. The third-order valence-corrected chi connectivity index (χ3v) is 1.85. The fraction of sp³-hybridized carbons (Fsp3) is 0.625. The van der Waals surface area contributed by atoms with E-state index in [9.17, 15) is 4.79 Å². The van der Waals surface area contributed by atoms with E-state index in [4.69, 9.17) is 10.5 Å². The molecule has 62 valence electrons. The van der Waals surface area contributed by atoms with Crippen LogP contribution in [0.3, 0.4) is 0 Å². The second-order valence-corrected chi connectivity index (χ2v) is 3.00. The fourth-order valence-corrected chi connectivity index (χ4v) is 1.19. The Hall–Kier alpha value is -0.830. The summed E-state index contributed by atoms with van der Waals surface area (Å²) in [5.74, 6) is -0.415. The Bertz CT molecular complexity index is 181. The minimum atomic E-state index is -0.415. The average Bonchev–Trinajstić information content (AvgIpc) is 2.33. The van der Waals surface area contributed by atoms with Gasteiger partial charge in [0.05, 0.1) is 5.60 Å². The largest absolute Gasteiger partial charge is 0.371 e. The quantitative estimate of drug-likeness (QED) is 0.593. The Morgan fingerprint density at radius 2 is 2.45 bits per heavy atom. The molecule has 0 spiro atoms. The molecule has 1 heterocycles. The van der Waals surface area contributed by atoms with Crippen LogP contribution >= 0.6 is 0 Å². The van der Waals surface area contributed by atoms with Gasteiger partial charge in [0.1, 0.15) is 0 Å². The molecule has 3 nitrogen and oxygen atoms in total. The summed E-state index contributed by atoms with van der Waals surface area (Å²) >= 11 is 0. The number of hydrogen-bond donors (Lipinski definition) is 1. The van der Waals surface area contributed by atoms with Gasteiger partial charge in [-0.2, -0.15) is 0 Å². The van der Waals surface area contributed by atoms with E-state index in [1.54, 1.807) is 6.08 Å². The second-order valence-electron chi connectivity index (χ2n) is 3.00. The highest BCUT2D eigenvalue weighted by Crippen LogP contribution is 2.25. The molecule has 1 atom stereocenters. The maximum Gasteiger partial charge on any atom is 0.241 e. The molecule has 1 amide bonds. The van der Waals surface area contributed by atoms with Gasteiger partial charge in [0.2, 0.25) is 5.91 Å². The van der Waals surface area contributed by atoms with Gasteiger partial charge < -0.3 is 10.5 Å². The molecule has 1 unspecified atom stereocenters. The van der Waals surface area contributed by atoms with Crippen LogP contribution in [0.25, 0.3) is 0 Å². The first-order valence-corrected chi connectivity index (χ1v) is 3.75. The number of carbonyl (C=O) groups is 1. The molecule has 1 aliphatic heterocycles. The molecule has 0 aromatic carbocycles. The summed E-state index contributed by atoms with van der Waals surface area (Å²) < 4.78 is 5.40. The Kier molecular flexibility index (Phi) is 2.29. The van der Waals surface area contributed by atoms with Gasteiger partial charge in [0.15, 0.2) is 0 Å². The summed E-state index contributed by atoms with van der Waals surface area (Å²) in [6, 6.07) is 0. The predicted molar refractivity (Wildman–Crippen MR) is 41.9 cm³/mol. The maximum atomic E-state index is 10.4. The monoisotopic (exact) mass is 155 g/mol. The molecule has 0 saturated carbocycles. The number of ether oxygens (including phenoxy) is 1. The summed E-state index contributed by atoms with van der Waals surface area (Å²) in [7, 11) is 0. The van der Waals surface area contributed by atoms with Crippen molar-refractivity contribution in [2.24, 2.45) is 5.73 Å². The summed E-state index contributed by atoms with van der Waals surface area (Å²) in [4.78, 5) is 10.4. The van der Waals surface area contributed by atoms with Crippen LogP contribution in [0, 0.1) is 0 Å². The molecule has 0 aromatic heterocycles. The van der Waals surface area contributed by atoms with Crippen LogP contribution in [0.2, 0.25) is 0 Å². The zero-order valence-electron chi connectivity index (χ0n) is 6.67. The Morgan fingerprint density at radius 1 is 1.73 bits per heavy atom. The summed E-state index contributed by atoms with van der Waals surface area (Å²) in [6.45, 7) is 2.74. The standard InChI is InChI=1S/C8H13NO2/c1-8(4-2-6-11-8)5-3-7(9)10/h3,5H,2,4,6H2,1H3,(H2,9,10). The maximum absolute atomic E-state index is 10.4. The van der Waals surface area contributed by atoms with E-state index in [1.165, 1.54) is 6.08 Å². The van der Waals surface area contributed by atoms with Crippen molar-refractivity contribution in [2.45, 2.75) is 25.4 Å². The molecule has 2 N–H and O–H groups in total. The third-order valence-electron chi connectivity index (χ3n) is 1.85. The number of nitrogens with two attached hydrogens (primary N) is 1. The molecule has 1 fully saturated rings. The summed E-state index contributed by atoms with van der Waals surface area (Å²) in [6.07, 6.45) is 5.13. The van der Waals surface area contributed by atoms with E-state index in [1.807, 2.05) is 6.92 Å². The second kappa shape index (κ2) is 3.05. The molecule has 1 aliphatic rings. The molecule has 0 aliphatic carbocycles. The van der Waals surface area contributed by atoms with Crippen molar-refractivity contribution in [1.82, 2.24) is 0 Å². The molecule has 11 heavy (non-hydrogen) atoms. The van der Waals surface area contributed by atoms with E-state index >= 15 is 0 Å². The van der Waals surface area contributed by atoms with Crippen molar-refractivity contribution in [3.63, 3.8) is 0 Å². The van der Waals surface area contributed by atoms with Gasteiger partial charge in [-0.25, -0.2) is 0 Å². The highest BCUT2D eigenvalue weighted by molar-refractivity contribution is 5.85. The van der Waals surface area contributed by atoms with Crippen molar-refractivity contribution in [3.05, 3.63) is 12.2 Å². The highest BCUT2D eigenvalue weighted by Gasteiger charge is 2.26. The van der Waals surface area contributed by atoms with Gasteiger partial charge in [0, 0.05) is 12.7 Å². The predicted octanol–water partition coefficient (Wildman–Crippen LogP) is 0.597. The van der Waals surface area contributed by atoms with Crippen molar-refractivity contribution in [3.8, 4) is 0 Å². The van der Waals surface area contributed by atoms with Gasteiger partial charge in [0.25, 0.3) is 0 Å². The normalized spacial score (nSPS) is 31.4. The number of carbonyl (C=O) groups excluding carboxylic acids is 1. The molecule has 0 radical (unpaired) electrons. The lowest BCUT2D eigenvalue weighted by Crippen LogP contribution is -2.20. The zero-order chi connectivity index (χ0) is 8.32. The van der Waals surface area contributed by atoms with E-state index in [2.05, 4.69) is 0 Å².